The molecule has 0 spiro atoms. The molecule has 3 rings (SSSR count). The lowest BCUT2D eigenvalue weighted by atomic mass is 9.78. The number of methoxy groups -OCH3 is 1. The quantitative estimate of drug-likeness (QED) is 0.466. The first-order valence-electron chi connectivity index (χ1n) is 10.2. The number of rotatable bonds is 7. The van der Waals surface area contributed by atoms with Crippen molar-refractivity contribution in [2.75, 3.05) is 12.4 Å². The van der Waals surface area contributed by atoms with E-state index < -0.39 is 6.10 Å². The van der Waals surface area contributed by atoms with Crippen molar-refractivity contribution in [2.24, 2.45) is 0 Å². The van der Waals surface area contributed by atoms with Gasteiger partial charge in [0.1, 0.15) is 11.5 Å². The maximum atomic E-state index is 12.7. The highest BCUT2D eigenvalue weighted by atomic mass is 35.5. The van der Waals surface area contributed by atoms with E-state index in [4.69, 9.17) is 21.1 Å². The number of carbonyl (C=O) groups is 1. The van der Waals surface area contributed by atoms with E-state index in [2.05, 4.69) is 31.3 Å². The summed E-state index contributed by atoms with van der Waals surface area (Å²) in [5.74, 6) is 0.867. The zero-order chi connectivity index (χ0) is 22.6. The molecule has 1 amide bonds. The molecule has 1 unspecified atom stereocenters. The van der Waals surface area contributed by atoms with Gasteiger partial charge in [-0.15, -0.1) is 0 Å². The van der Waals surface area contributed by atoms with Crippen molar-refractivity contribution in [3.8, 4) is 11.5 Å². The molecule has 0 aliphatic carbocycles. The number of hydrogen-bond acceptors (Lipinski definition) is 3. The van der Waals surface area contributed by atoms with Crippen LogP contribution in [0, 0.1) is 6.92 Å². The first-order valence-corrected chi connectivity index (χ1v) is 10.6. The highest BCUT2D eigenvalue weighted by Gasteiger charge is 2.23. The maximum absolute atomic E-state index is 12.7. The molecule has 162 valence electrons. The lowest BCUT2D eigenvalue weighted by Gasteiger charge is -2.26. The summed E-state index contributed by atoms with van der Waals surface area (Å²) in [6.07, 6.45) is -0.686. The van der Waals surface area contributed by atoms with Gasteiger partial charge >= 0.3 is 0 Å². The Morgan fingerprint density at radius 3 is 2.23 bits per heavy atom. The third-order valence-corrected chi connectivity index (χ3v) is 5.90. The Morgan fingerprint density at radius 2 is 1.61 bits per heavy atom. The van der Waals surface area contributed by atoms with Gasteiger partial charge in [-0.2, -0.15) is 0 Å². The normalized spacial score (nSPS) is 12.2. The number of carbonyl (C=O) groups excluding carboxylic acids is 1. The number of halogens is 1. The molecule has 0 heterocycles. The highest BCUT2D eigenvalue weighted by molar-refractivity contribution is 6.31. The molecule has 0 aliphatic heterocycles. The van der Waals surface area contributed by atoms with Crippen LogP contribution in [-0.4, -0.2) is 19.1 Å². The van der Waals surface area contributed by atoms with Gasteiger partial charge in [-0.05, 0) is 48.7 Å². The highest BCUT2D eigenvalue weighted by Crippen LogP contribution is 2.33. The van der Waals surface area contributed by atoms with Gasteiger partial charge in [0.2, 0.25) is 0 Å². The van der Waals surface area contributed by atoms with E-state index in [1.54, 1.807) is 19.1 Å². The van der Waals surface area contributed by atoms with E-state index in [0.29, 0.717) is 22.2 Å². The minimum absolute atomic E-state index is 0.133. The number of ether oxygens (including phenoxy) is 2. The van der Waals surface area contributed by atoms with Crippen molar-refractivity contribution < 1.29 is 14.3 Å². The second kappa shape index (κ2) is 9.44. The molecule has 0 aliphatic rings. The third-order valence-electron chi connectivity index (χ3n) is 5.49. The topological polar surface area (TPSA) is 47.6 Å². The van der Waals surface area contributed by atoms with Gasteiger partial charge in [0, 0.05) is 16.5 Å². The van der Waals surface area contributed by atoms with Gasteiger partial charge in [-0.1, -0.05) is 67.9 Å². The fraction of sp³-hybridized carbons (Fsp3) is 0.269. The van der Waals surface area contributed by atoms with Crippen molar-refractivity contribution >= 4 is 23.2 Å². The molecular weight excluding hydrogens is 410 g/mol. The van der Waals surface area contributed by atoms with Crippen LogP contribution in [0.25, 0.3) is 0 Å². The molecule has 31 heavy (non-hydrogen) atoms. The maximum Gasteiger partial charge on any atom is 0.265 e. The standard InChI is InChI=1S/C26H28ClNO3/c1-17-15-23(24(30-5)16-22(17)27)28-25(29)18(2)31-21-13-11-20(12-14-21)26(3,4)19-9-7-6-8-10-19/h6-16,18H,1-5H3,(H,28,29). The molecule has 0 saturated heterocycles. The summed E-state index contributed by atoms with van der Waals surface area (Å²) in [6, 6.07) is 21.7. The SMILES string of the molecule is COc1cc(Cl)c(C)cc1NC(=O)C(C)Oc1ccc(C(C)(C)c2ccccc2)cc1. The average molecular weight is 438 g/mol. The van der Waals surface area contributed by atoms with Crippen LogP contribution in [0.1, 0.15) is 37.5 Å². The van der Waals surface area contributed by atoms with Crippen molar-refractivity contribution in [1.29, 1.82) is 0 Å². The predicted molar refractivity (Wildman–Crippen MR) is 126 cm³/mol. The second-order valence-electron chi connectivity index (χ2n) is 8.07. The van der Waals surface area contributed by atoms with Crippen molar-refractivity contribution in [2.45, 2.75) is 39.2 Å². The zero-order valence-corrected chi connectivity index (χ0v) is 19.3. The van der Waals surface area contributed by atoms with Crippen LogP contribution in [0.5, 0.6) is 11.5 Å². The number of amides is 1. The fourth-order valence-electron chi connectivity index (χ4n) is 3.39. The van der Waals surface area contributed by atoms with Crippen molar-refractivity contribution in [3.63, 3.8) is 0 Å². The molecule has 0 radical (unpaired) electrons. The Kier molecular flexibility index (Phi) is 6.91. The minimum atomic E-state index is -0.686. The molecule has 0 aromatic heterocycles. The van der Waals surface area contributed by atoms with E-state index in [1.807, 2.05) is 49.4 Å². The Hall–Kier alpha value is -2.98. The molecule has 1 atom stereocenters. The molecule has 5 heteroatoms. The largest absolute Gasteiger partial charge is 0.495 e. The molecule has 1 N–H and O–H groups in total. The Bertz CT molecular complexity index is 1050. The smallest absolute Gasteiger partial charge is 0.265 e. The zero-order valence-electron chi connectivity index (χ0n) is 18.5. The summed E-state index contributed by atoms with van der Waals surface area (Å²) < 4.78 is 11.2. The van der Waals surface area contributed by atoms with Crippen LogP contribution >= 0.6 is 11.6 Å². The molecule has 0 saturated carbocycles. The number of aryl methyl sites for hydroxylation is 1. The summed E-state index contributed by atoms with van der Waals surface area (Å²) in [6.45, 7) is 7.97. The van der Waals surface area contributed by atoms with Gasteiger partial charge < -0.3 is 14.8 Å². The van der Waals surface area contributed by atoms with Crippen LogP contribution in [0.3, 0.4) is 0 Å². The van der Waals surface area contributed by atoms with Crippen LogP contribution in [0.15, 0.2) is 66.7 Å². The van der Waals surface area contributed by atoms with Gasteiger partial charge in [0.05, 0.1) is 12.8 Å². The van der Waals surface area contributed by atoms with Crippen LogP contribution in [-0.2, 0) is 10.2 Å². The first kappa shape index (κ1) is 22.7. The molecule has 4 nitrogen and oxygen atoms in total. The molecular formula is C26H28ClNO3. The van der Waals surface area contributed by atoms with E-state index in [1.165, 1.54) is 18.2 Å². The fourth-order valence-corrected chi connectivity index (χ4v) is 3.55. The lowest BCUT2D eigenvalue weighted by Crippen LogP contribution is -2.30. The number of anilines is 1. The molecule has 0 fully saturated rings. The Morgan fingerprint density at radius 1 is 1.00 bits per heavy atom. The number of hydrogen-bond donors (Lipinski definition) is 1. The summed E-state index contributed by atoms with van der Waals surface area (Å²) in [4.78, 5) is 12.7. The van der Waals surface area contributed by atoms with Gasteiger partial charge in [0.15, 0.2) is 6.10 Å². The second-order valence-corrected chi connectivity index (χ2v) is 8.47. The monoisotopic (exact) mass is 437 g/mol. The summed E-state index contributed by atoms with van der Waals surface area (Å²) in [7, 11) is 1.54. The van der Waals surface area contributed by atoms with E-state index in [0.717, 1.165) is 5.56 Å². The first-order chi connectivity index (χ1) is 14.7. The summed E-state index contributed by atoms with van der Waals surface area (Å²) in [5.41, 5.74) is 3.69. The Labute approximate surface area is 189 Å². The van der Waals surface area contributed by atoms with Gasteiger partial charge in [-0.3, -0.25) is 4.79 Å². The molecule has 3 aromatic carbocycles. The predicted octanol–water partition coefficient (Wildman–Crippen LogP) is 6.39. The average Bonchev–Trinajstić information content (AvgIpc) is 2.77. The molecule has 0 bridgehead atoms. The van der Waals surface area contributed by atoms with Gasteiger partial charge in [-0.25, -0.2) is 0 Å². The lowest BCUT2D eigenvalue weighted by molar-refractivity contribution is -0.122. The van der Waals surface area contributed by atoms with Crippen molar-refractivity contribution in [1.82, 2.24) is 0 Å². The van der Waals surface area contributed by atoms with Crippen LogP contribution < -0.4 is 14.8 Å². The van der Waals surface area contributed by atoms with E-state index >= 15 is 0 Å². The summed E-state index contributed by atoms with van der Waals surface area (Å²) >= 11 is 6.14. The van der Waals surface area contributed by atoms with E-state index in [9.17, 15) is 4.79 Å². The van der Waals surface area contributed by atoms with Crippen LogP contribution in [0.4, 0.5) is 5.69 Å². The number of benzene rings is 3. The van der Waals surface area contributed by atoms with Gasteiger partial charge in [0.25, 0.3) is 5.91 Å². The molecule has 3 aromatic rings. The summed E-state index contributed by atoms with van der Waals surface area (Å²) in [5, 5.41) is 3.44. The Balaban J connectivity index is 1.69. The van der Waals surface area contributed by atoms with E-state index in [-0.39, 0.29) is 11.3 Å². The third kappa shape index (κ3) is 5.20. The van der Waals surface area contributed by atoms with Crippen molar-refractivity contribution in [3.05, 3.63) is 88.4 Å². The minimum Gasteiger partial charge on any atom is -0.495 e. The number of nitrogens with one attached hydrogen (secondary N) is 1. The van der Waals surface area contributed by atoms with Crippen LogP contribution in [0.2, 0.25) is 5.02 Å².